The molecule has 34 heavy (non-hydrogen) atoms. The Hall–Kier alpha value is -2.74. The van der Waals surface area contributed by atoms with Gasteiger partial charge >= 0.3 is 0 Å². The number of aryl methyl sites for hydroxylation is 1. The Kier molecular flexibility index (Phi) is 8.32. The largest absolute Gasteiger partial charge is 0.493 e. The summed E-state index contributed by atoms with van der Waals surface area (Å²) in [4.78, 5) is 2.34. The van der Waals surface area contributed by atoms with E-state index in [9.17, 15) is 5.11 Å². The average molecular weight is 486 g/mol. The van der Waals surface area contributed by atoms with Gasteiger partial charge < -0.3 is 19.3 Å². The second-order valence-electron chi connectivity index (χ2n) is 8.70. The summed E-state index contributed by atoms with van der Waals surface area (Å²) < 4.78 is 19.2. The highest BCUT2D eigenvalue weighted by atomic mass is 35.5. The Morgan fingerprint density at radius 1 is 1.06 bits per heavy atom. The molecule has 0 amide bonds. The Morgan fingerprint density at radius 3 is 2.65 bits per heavy atom. The van der Waals surface area contributed by atoms with E-state index >= 15 is 0 Å². The number of hydrogen-bond acceptors (Lipinski definition) is 6. The van der Waals surface area contributed by atoms with Crippen LogP contribution in [-0.2, 0) is 13.1 Å². The lowest BCUT2D eigenvalue weighted by molar-refractivity contribution is -0.0537. The fraction of sp³-hybridized carbons (Fsp3) is 0.423. The van der Waals surface area contributed by atoms with Crippen LogP contribution in [0.4, 0.5) is 0 Å². The fourth-order valence-corrected chi connectivity index (χ4v) is 4.26. The van der Waals surface area contributed by atoms with Gasteiger partial charge in [0.25, 0.3) is 0 Å². The summed E-state index contributed by atoms with van der Waals surface area (Å²) in [6.07, 6.45) is 5.90. The van der Waals surface area contributed by atoms with Gasteiger partial charge in [-0.2, -0.15) is 5.10 Å². The second kappa shape index (κ2) is 11.6. The molecule has 2 aromatic carbocycles. The lowest BCUT2D eigenvalue weighted by Gasteiger charge is -2.38. The molecule has 1 N–H and O–H groups in total. The zero-order valence-electron chi connectivity index (χ0n) is 19.5. The molecule has 1 aromatic heterocycles. The zero-order chi connectivity index (χ0) is 23.8. The third kappa shape index (κ3) is 6.88. The van der Waals surface area contributed by atoms with Crippen molar-refractivity contribution in [2.75, 3.05) is 33.4 Å². The summed E-state index contributed by atoms with van der Waals surface area (Å²) >= 11 is 6.01. The maximum absolute atomic E-state index is 10.9. The number of hydrogen-bond donors (Lipinski definition) is 1. The van der Waals surface area contributed by atoms with Gasteiger partial charge in [0, 0.05) is 50.0 Å². The molecule has 1 fully saturated rings. The van der Waals surface area contributed by atoms with Crippen molar-refractivity contribution in [2.45, 2.75) is 38.0 Å². The van der Waals surface area contributed by atoms with Crippen molar-refractivity contribution in [3.8, 4) is 17.2 Å². The molecule has 0 atom stereocenters. The maximum Gasteiger partial charge on any atom is 0.161 e. The maximum atomic E-state index is 10.9. The standard InChI is InChI=1S/C26H32ClN3O4/c1-32-25-17-21(7-8-24(25)33-16-4-13-30-12-3-11-28-30)19-29-14-9-26(31,10-15-29)20-34-23-6-2-5-22(27)18-23/h2-3,5-8,11-12,17-18,31H,4,9-10,13-16,19-20H2,1H3. The molecule has 8 heteroatoms. The first-order valence-electron chi connectivity index (χ1n) is 11.6. The van der Waals surface area contributed by atoms with E-state index < -0.39 is 5.60 Å². The predicted molar refractivity (Wildman–Crippen MR) is 132 cm³/mol. The van der Waals surface area contributed by atoms with E-state index in [4.69, 9.17) is 25.8 Å². The van der Waals surface area contributed by atoms with Crippen molar-refractivity contribution >= 4 is 11.6 Å². The lowest BCUT2D eigenvalue weighted by atomic mass is 9.92. The molecule has 1 aliphatic heterocycles. The summed E-state index contributed by atoms with van der Waals surface area (Å²) in [5.74, 6) is 2.16. The van der Waals surface area contributed by atoms with Crippen molar-refractivity contribution in [1.29, 1.82) is 0 Å². The summed E-state index contributed by atoms with van der Waals surface area (Å²) in [7, 11) is 1.66. The van der Waals surface area contributed by atoms with Crippen LogP contribution in [0.1, 0.15) is 24.8 Å². The minimum absolute atomic E-state index is 0.265. The van der Waals surface area contributed by atoms with Crippen LogP contribution in [-0.4, -0.2) is 58.8 Å². The number of rotatable bonds is 11. The molecule has 3 aromatic rings. The molecule has 0 spiro atoms. The fourth-order valence-electron chi connectivity index (χ4n) is 4.08. The van der Waals surface area contributed by atoms with E-state index in [0.29, 0.717) is 30.2 Å². The molecule has 1 aliphatic rings. The van der Waals surface area contributed by atoms with Gasteiger partial charge in [0.15, 0.2) is 11.5 Å². The highest BCUT2D eigenvalue weighted by molar-refractivity contribution is 6.30. The first-order valence-corrected chi connectivity index (χ1v) is 12.0. The molecule has 182 valence electrons. The first kappa shape index (κ1) is 24.4. The summed E-state index contributed by atoms with van der Waals surface area (Å²) in [6.45, 7) is 4.06. The van der Waals surface area contributed by atoms with Crippen LogP contribution in [0.3, 0.4) is 0 Å². The van der Waals surface area contributed by atoms with Crippen molar-refractivity contribution in [1.82, 2.24) is 14.7 Å². The number of nitrogens with zero attached hydrogens (tertiary/aromatic N) is 3. The van der Waals surface area contributed by atoms with Gasteiger partial charge in [-0.3, -0.25) is 9.58 Å². The smallest absolute Gasteiger partial charge is 0.161 e. The highest BCUT2D eigenvalue weighted by Gasteiger charge is 2.33. The number of methoxy groups -OCH3 is 1. The first-order chi connectivity index (χ1) is 16.5. The van der Waals surface area contributed by atoms with Crippen LogP contribution >= 0.6 is 11.6 Å². The van der Waals surface area contributed by atoms with Crippen LogP contribution in [0.25, 0.3) is 0 Å². The SMILES string of the molecule is COc1cc(CN2CCC(O)(COc3cccc(Cl)c3)CC2)ccc1OCCCn1cccn1. The number of likely N-dealkylation sites (tertiary alicyclic amines) is 1. The average Bonchev–Trinajstić information content (AvgIpc) is 3.36. The number of benzene rings is 2. The van der Waals surface area contributed by atoms with E-state index in [1.54, 1.807) is 25.4 Å². The van der Waals surface area contributed by atoms with E-state index in [2.05, 4.69) is 16.1 Å². The van der Waals surface area contributed by atoms with Crippen molar-refractivity contribution in [2.24, 2.45) is 0 Å². The lowest BCUT2D eigenvalue weighted by Crippen LogP contribution is -2.47. The van der Waals surface area contributed by atoms with Gasteiger partial charge in [-0.15, -0.1) is 0 Å². The minimum atomic E-state index is -0.829. The van der Waals surface area contributed by atoms with Crippen molar-refractivity contribution in [3.05, 3.63) is 71.5 Å². The molecule has 7 nitrogen and oxygen atoms in total. The van der Waals surface area contributed by atoms with Crippen LogP contribution in [0.2, 0.25) is 5.02 Å². The number of halogens is 1. The predicted octanol–water partition coefficient (Wildman–Crippen LogP) is 4.42. The third-order valence-electron chi connectivity index (χ3n) is 6.07. The van der Waals surface area contributed by atoms with E-state index in [-0.39, 0.29) is 6.61 Å². The summed E-state index contributed by atoms with van der Waals surface area (Å²) in [5, 5.41) is 15.8. The number of ether oxygens (including phenoxy) is 3. The van der Waals surface area contributed by atoms with Crippen LogP contribution < -0.4 is 14.2 Å². The van der Waals surface area contributed by atoms with Gasteiger partial charge in [-0.05, 0) is 54.8 Å². The Morgan fingerprint density at radius 2 is 1.91 bits per heavy atom. The Labute approximate surface area is 205 Å². The van der Waals surface area contributed by atoms with Gasteiger partial charge in [-0.25, -0.2) is 0 Å². The third-order valence-corrected chi connectivity index (χ3v) is 6.31. The van der Waals surface area contributed by atoms with Gasteiger partial charge in [0.1, 0.15) is 18.0 Å². The summed E-state index contributed by atoms with van der Waals surface area (Å²) in [6, 6.07) is 15.3. The number of aromatic nitrogens is 2. The molecule has 2 heterocycles. The van der Waals surface area contributed by atoms with Gasteiger partial charge in [0.2, 0.25) is 0 Å². The zero-order valence-corrected chi connectivity index (χ0v) is 20.3. The molecule has 1 saturated heterocycles. The van der Waals surface area contributed by atoms with E-state index in [1.165, 1.54) is 0 Å². The topological polar surface area (TPSA) is 69.0 Å². The molecular weight excluding hydrogens is 454 g/mol. The minimum Gasteiger partial charge on any atom is -0.493 e. The number of piperidine rings is 1. The van der Waals surface area contributed by atoms with Crippen molar-refractivity contribution in [3.63, 3.8) is 0 Å². The molecule has 0 saturated carbocycles. The Bertz CT molecular complexity index is 1040. The molecule has 0 bridgehead atoms. The normalized spacial score (nSPS) is 15.7. The molecule has 4 rings (SSSR count). The highest BCUT2D eigenvalue weighted by Crippen LogP contribution is 2.30. The van der Waals surface area contributed by atoms with E-state index in [1.807, 2.05) is 41.2 Å². The molecule has 0 radical (unpaired) electrons. The monoisotopic (exact) mass is 485 g/mol. The van der Waals surface area contributed by atoms with Crippen LogP contribution in [0.15, 0.2) is 60.9 Å². The Balaban J connectivity index is 1.23. The molecule has 0 unspecified atom stereocenters. The quantitative estimate of drug-likeness (QED) is 0.405. The van der Waals surface area contributed by atoms with Crippen LogP contribution in [0, 0.1) is 0 Å². The second-order valence-corrected chi connectivity index (χ2v) is 9.14. The molecule has 0 aliphatic carbocycles. The number of aliphatic hydroxyl groups is 1. The molecular formula is C26H32ClN3O4. The van der Waals surface area contributed by atoms with E-state index in [0.717, 1.165) is 49.7 Å². The van der Waals surface area contributed by atoms with Gasteiger partial charge in [0.05, 0.1) is 13.7 Å². The van der Waals surface area contributed by atoms with Crippen LogP contribution in [0.5, 0.6) is 17.2 Å². The van der Waals surface area contributed by atoms with Gasteiger partial charge in [-0.1, -0.05) is 23.7 Å². The van der Waals surface area contributed by atoms with Crippen molar-refractivity contribution < 1.29 is 19.3 Å². The summed E-state index contributed by atoms with van der Waals surface area (Å²) in [5.41, 5.74) is 0.325.